The molecule has 3 aromatic rings. The van der Waals surface area contributed by atoms with Crippen LogP contribution in [-0.2, 0) is 26.3 Å². The van der Waals surface area contributed by atoms with Crippen molar-refractivity contribution in [3.8, 4) is 11.5 Å². The van der Waals surface area contributed by atoms with Crippen molar-refractivity contribution < 1.29 is 36.3 Å². The summed E-state index contributed by atoms with van der Waals surface area (Å²) in [6.07, 6.45) is -5.92. The van der Waals surface area contributed by atoms with Crippen LogP contribution in [0.2, 0.25) is 0 Å². The number of hydrogen-bond donors (Lipinski definition) is 1. The molecule has 1 unspecified atom stereocenters. The van der Waals surface area contributed by atoms with Crippen LogP contribution in [0, 0.1) is 0 Å². The number of ether oxygens (including phenoxy) is 1. The van der Waals surface area contributed by atoms with Gasteiger partial charge in [-0.1, -0.05) is 0 Å². The van der Waals surface area contributed by atoms with Gasteiger partial charge in [-0.15, -0.1) is 0 Å². The number of esters is 1. The largest absolute Gasteiger partial charge is 0.465 e. The van der Waals surface area contributed by atoms with Crippen LogP contribution in [0.3, 0.4) is 0 Å². The number of carbonyl (C=O) groups is 2. The summed E-state index contributed by atoms with van der Waals surface area (Å²) in [6.45, 7) is 2.19. The predicted octanol–water partition coefficient (Wildman–Crippen LogP) is 4.01. The normalized spacial score (nSPS) is 18.0. The van der Waals surface area contributed by atoms with Crippen molar-refractivity contribution >= 4 is 44.7 Å². The first kappa shape index (κ1) is 24.9. The van der Waals surface area contributed by atoms with Crippen LogP contribution in [0.15, 0.2) is 22.9 Å². The quantitative estimate of drug-likeness (QED) is 0.209. The summed E-state index contributed by atoms with van der Waals surface area (Å²) in [6, 6.07) is 3.04. The molecule has 0 aromatic carbocycles. The average Bonchev–Trinajstić information content (AvgIpc) is 3.27. The van der Waals surface area contributed by atoms with Crippen LogP contribution in [-0.4, -0.2) is 55.3 Å². The third-order valence-electron chi connectivity index (χ3n) is 5.51. The van der Waals surface area contributed by atoms with Crippen molar-refractivity contribution in [1.29, 1.82) is 0 Å². The van der Waals surface area contributed by atoms with E-state index < -0.39 is 42.4 Å². The summed E-state index contributed by atoms with van der Waals surface area (Å²) in [5, 5.41) is 6.92. The lowest BCUT2D eigenvalue weighted by Gasteiger charge is -2.20. The Bertz CT molecular complexity index is 1340. The van der Waals surface area contributed by atoms with Crippen molar-refractivity contribution in [2.24, 2.45) is 0 Å². The Hall–Kier alpha value is -3.23. The molecule has 1 amide bonds. The number of fused-ring (bicyclic) bond motifs is 2. The molecule has 0 saturated heterocycles. The number of nitrogens with one attached hydrogen (secondary N) is 1. The number of aromatic nitrogens is 5. The summed E-state index contributed by atoms with van der Waals surface area (Å²) < 4.78 is 70.8. The van der Waals surface area contributed by atoms with Gasteiger partial charge in [0, 0.05) is 19.2 Å². The van der Waals surface area contributed by atoms with E-state index in [9.17, 15) is 31.5 Å². The van der Waals surface area contributed by atoms with E-state index in [4.69, 9.17) is 4.74 Å². The monoisotopic (exact) mass is 562 g/mol. The highest BCUT2D eigenvalue weighted by Gasteiger charge is 2.57. The van der Waals surface area contributed by atoms with Gasteiger partial charge in [0.15, 0.2) is 16.9 Å². The number of hydrogen-bond acceptors (Lipinski definition) is 7. The Kier molecular flexibility index (Phi) is 6.02. The van der Waals surface area contributed by atoms with E-state index in [0.717, 1.165) is 4.68 Å². The summed E-state index contributed by atoms with van der Waals surface area (Å²) in [7, 11) is 0. The second kappa shape index (κ2) is 8.46. The highest BCUT2D eigenvalue weighted by atomic mass is 79.9. The van der Waals surface area contributed by atoms with Gasteiger partial charge in [0.05, 0.1) is 17.6 Å². The van der Waals surface area contributed by atoms with E-state index in [2.05, 4.69) is 41.3 Å². The zero-order chi connectivity index (χ0) is 25.8. The lowest BCUT2D eigenvalue weighted by atomic mass is 9.85. The van der Waals surface area contributed by atoms with Gasteiger partial charge in [0.25, 0.3) is 0 Å². The lowest BCUT2D eigenvalue weighted by Crippen LogP contribution is -2.41. The molecule has 9 nitrogen and oxygen atoms in total. The molecule has 1 atom stereocenters. The molecule has 1 aliphatic rings. The molecule has 4 heterocycles. The van der Waals surface area contributed by atoms with E-state index >= 15 is 0 Å². The highest BCUT2D eigenvalue weighted by Crippen LogP contribution is 2.43. The van der Waals surface area contributed by atoms with Gasteiger partial charge in [-0.3, -0.25) is 9.59 Å². The second-order valence-corrected chi connectivity index (χ2v) is 8.51. The Morgan fingerprint density at radius 3 is 2.63 bits per heavy atom. The fraction of sp³-hybridized carbons (Fsp3) is 0.400. The van der Waals surface area contributed by atoms with Crippen LogP contribution in [0.1, 0.15) is 25.8 Å². The number of amides is 1. The second-order valence-electron chi connectivity index (χ2n) is 7.76. The molecular weight excluding hydrogens is 547 g/mol. The Balaban J connectivity index is 1.78. The fourth-order valence-electron chi connectivity index (χ4n) is 3.61. The smallest absolute Gasteiger partial charge is 0.453 e. The number of anilines is 1. The van der Waals surface area contributed by atoms with E-state index in [1.807, 2.05) is 0 Å². The summed E-state index contributed by atoms with van der Waals surface area (Å²) >= 11 is 3.24. The molecule has 0 fully saturated rings. The molecule has 0 aliphatic carbocycles. The van der Waals surface area contributed by atoms with Crippen molar-refractivity contribution in [3.05, 3.63) is 28.5 Å². The van der Waals surface area contributed by atoms with Crippen LogP contribution in [0.5, 0.6) is 0 Å². The third kappa shape index (κ3) is 4.00. The maximum Gasteiger partial charge on any atom is 0.453 e. The van der Waals surface area contributed by atoms with Gasteiger partial charge in [-0.2, -0.15) is 27.1 Å². The molecule has 1 N–H and O–H groups in total. The van der Waals surface area contributed by atoms with Crippen LogP contribution in [0.25, 0.3) is 22.6 Å². The van der Waals surface area contributed by atoms with Gasteiger partial charge in [0.1, 0.15) is 16.1 Å². The molecule has 0 spiro atoms. The number of rotatable bonds is 6. The van der Waals surface area contributed by atoms with E-state index in [1.54, 1.807) is 6.92 Å². The minimum absolute atomic E-state index is 0.00220. The zero-order valence-electron chi connectivity index (χ0n) is 18.1. The number of alkyl halides is 5. The van der Waals surface area contributed by atoms with Gasteiger partial charge < -0.3 is 10.1 Å². The first-order chi connectivity index (χ1) is 16.3. The topological polar surface area (TPSA) is 112 Å². The first-order valence-electron chi connectivity index (χ1n) is 10.1. The fourth-order valence-corrected chi connectivity index (χ4v) is 4.36. The van der Waals surface area contributed by atoms with Crippen molar-refractivity contribution in [1.82, 2.24) is 24.7 Å². The number of nitrogens with zero attached hydrogens (tertiary/aromatic N) is 5. The number of aryl methyl sites for hydroxylation is 1. The highest BCUT2D eigenvalue weighted by molar-refractivity contribution is 9.10. The Morgan fingerprint density at radius 1 is 1.26 bits per heavy atom. The van der Waals surface area contributed by atoms with Crippen molar-refractivity contribution in [2.45, 2.75) is 44.3 Å². The van der Waals surface area contributed by atoms with E-state index in [1.165, 1.54) is 25.3 Å². The molecule has 0 bridgehead atoms. The van der Waals surface area contributed by atoms with E-state index in [-0.39, 0.29) is 45.1 Å². The van der Waals surface area contributed by atoms with Gasteiger partial charge in [-0.05, 0) is 41.9 Å². The molecule has 4 rings (SSSR count). The minimum Gasteiger partial charge on any atom is -0.465 e. The molecule has 15 heteroatoms. The predicted molar refractivity (Wildman–Crippen MR) is 114 cm³/mol. The third-order valence-corrected chi connectivity index (χ3v) is 6.08. The van der Waals surface area contributed by atoms with Crippen molar-refractivity contribution in [2.75, 3.05) is 11.9 Å². The Morgan fingerprint density at radius 2 is 1.97 bits per heavy atom. The molecule has 0 radical (unpaired) electrons. The number of pyridine rings is 1. The van der Waals surface area contributed by atoms with Crippen LogP contribution in [0.4, 0.5) is 27.8 Å². The molecule has 0 saturated carbocycles. The number of halogens is 6. The summed E-state index contributed by atoms with van der Waals surface area (Å²) in [4.78, 5) is 37.8. The standard InChI is InChI=1S/C20H16BrF5N6O3/c1-3-35-17(34)18(2)10-12(21)28-14(29-13(10)30-16(18)33)11-9-5-4-7-27-15(9)32(31-11)8-6-19(22,23)20(24,25)26/h4-5,7H,3,6,8H2,1-2H3,(H,28,29,30,33). The molecular formula is C20H16BrF5N6O3. The minimum atomic E-state index is -5.70. The summed E-state index contributed by atoms with van der Waals surface area (Å²) in [5.41, 5.74) is -1.52. The molecule has 186 valence electrons. The zero-order valence-corrected chi connectivity index (χ0v) is 19.7. The van der Waals surface area contributed by atoms with Gasteiger partial charge in [0.2, 0.25) is 5.91 Å². The SMILES string of the molecule is CCOC(=O)C1(C)C(=O)Nc2nc(-c3nn(CCC(F)(F)C(F)(F)F)c4ncccc34)nc(Br)c21. The average molecular weight is 563 g/mol. The van der Waals surface area contributed by atoms with Crippen LogP contribution < -0.4 is 5.32 Å². The van der Waals surface area contributed by atoms with Gasteiger partial charge >= 0.3 is 18.1 Å². The molecule has 1 aliphatic heterocycles. The first-order valence-corrected chi connectivity index (χ1v) is 10.9. The van der Waals surface area contributed by atoms with Gasteiger partial charge in [-0.25, -0.2) is 19.6 Å². The summed E-state index contributed by atoms with van der Waals surface area (Å²) in [5.74, 6) is -6.50. The van der Waals surface area contributed by atoms with Crippen molar-refractivity contribution in [3.63, 3.8) is 0 Å². The maximum atomic E-state index is 13.5. The molecule has 35 heavy (non-hydrogen) atoms. The lowest BCUT2D eigenvalue weighted by molar-refractivity contribution is -0.285. The maximum absolute atomic E-state index is 13.5. The Labute approximate surface area is 202 Å². The van der Waals surface area contributed by atoms with E-state index in [0.29, 0.717) is 0 Å². The molecule has 3 aromatic heterocycles. The van der Waals surface area contributed by atoms with Crippen LogP contribution >= 0.6 is 15.9 Å². The number of carbonyl (C=O) groups excluding carboxylic acids is 2.